The first-order valence-electron chi connectivity index (χ1n) is 6.61. The molecular formula is C14H15FN2O2S2. The quantitative estimate of drug-likeness (QED) is 0.939. The van der Waals surface area contributed by atoms with Crippen LogP contribution in [-0.4, -0.2) is 20.7 Å². The number of nitrogens with one attached hydrogen (secondary N) is 1. The van der Waals surface area contributed by atoms with E-state index in [2.05, 4.69) is 5.32 Å². The van der Waals surface area contributed by atoms with Crippen LogP contribution < -0.4 is 9.62 Å². The van der Waals surface area contributed by atoms with Gasteiger partial charge in [0.05, 0.1) is 11.4 Å². The second-order valence-electron chi connectivity index (χ2n) is 4.89. The highest BCUT2D eigenvalue weighted by molar-refractivity contribution is 7.93. The van der Waals surface area contributed by atoms with Gasteiger partial charge in [-0.15, -0.1) is 0 Å². The van der Waals surface area contributed by atoms with Gasteiger partial charge in [-0.2, -0.15) is 11.3 Å². The molecule has 0 saturated carbocycles. The zero-order valence-electron chi connectivity index (χ0n) is 11.3. The van der Waals surface area contributed by atoms with Crippen molar-refractivity contribution in [1.82, 2.24) is 0 Å². The molecule has 3 rings (SSSR count). The number of thiophene rings is 1. The molecule has 1 aromatic carbocycles. The van der Waals surface area contributed by atoms with Crippen LogP contribution in [0.2, 0.25) is 0 Å². The van der Waals surface area contributed by atoms with Gasteiger partial charge in [0.15, 0.2) is 0 Å². The van der Waals surface area contributed by atoms with Crippen LogP contribution in [0.25, 0.3) is 0 Å². The zero-order chi connectivity index (χ0) is 14.9. The fourth-order valence-electron chi connectivity index (χ4n) is 2.32. The van der Waals surface area contributed by atoms with Crippen molar-refractivity contribution in [2.24, 2.45) is 0 Å². The summed E-state index contributed by atoms with van der Waals surface area (Å²) in [6, 6.07) is 6.49. The van der Waals surface area contributed by atoms with Gasteiger partial charge in [0.1, 0.15) is 5.82 Å². The Bertz CT molecular complexity index is 729. The molecular weight excluding hydrogens is 311 g/mol. The van der Waals surface area contributed by atoms with E-state index in [1.165, 1.54) is 6.07 Å². The number of anilines is 2. The molecule has 1 N–H and O–H groups in total. The lowest BCUT2D eigenvalue weighted by molar-refractivity contribution is 0.595. The second-order valence-corrected chi connectivity index (χ2v) is 7.69. The lowest BCUT2D eigenvalue weighted by atomic mass is 10.2. The molecule has 21 heavy (non-hydrogen) atoms. The first-order valence-corrected chi connectivity index (χ1v) is 9.16. The number of nitrogens with zero attached hydrogens (tertiary/aromatic N) is 1. The number of hydrogen-bond donors (Lipinski definition) is 1. The standard InChI is InChI=1S/C14H15FN2O2S2/c15-13-3-2-12(16-9-11-4-6-20-10-11)8-14(13)17-5-1-7-21(17,18)19/h2-4,6,8,10,16H,1,5,7,9H2. The van der Waals surface area contributed by atoms with Crippen LogP contribution in [0.5, 0.6) is 0 Å². The molecule has 0 aliphatic carbocycles. The average Bonchev–Trinajstić information content (AvgIpc) is 3.07. The SMILES string of the molecule is O=S1(=O)CCCN1c1cc(NCc2ccsc2)ccc1F. The first-order chi connectivity index (χ1) is 10.1. The van der Waals surface area contributed by atoms with Crippen molar-refractivity contribution >= 4 is 32.7 Å². The predicted octanol–water partition coefficient (Wildman–Crippen LogP) is 3.04. The Morgan fingerprint density at radius 3 is 2.86 bits per heavy atom. The van der Waals surface area contributed by atoms with Crippen molar-refractivity contribution in [2.75, 3.05) is 21.9 Å². The molecule has 2 aromatic rings. The molecule has 0 amide bonds. The summed E-state index contributed by atoms with van der Waals surface area (Å²) in [5.41, 5.74) is 1.97. The van der Waals surface area contributed by atoms with Gasteiger partial charge >= 0.3 is 0 Å². The molecule has 0 unspecified atom stereocenters. The molecule has 1 aliphatic rings. The summed E-state index contributed by atoms with van der Waals surface area (Å²) in [5, 5.41) is 7.20. The van der Waals surface area contributed by atoms with Crippen molar-refractivity contribution in [1.29, 1.82) is 0 Å². The largest absolute Gasteiger partial charge is 0.381 e. The van der Waals surface area contributed by atoms with E-state index in [4.69, 9.17) is 0 Å². The number of halogens is 1. The molecule has 1 aliphatic heterocycles. The second kappa shape index (κ2) is 5.65. The summed E-state index contributed by atoms with van der Waals surface area (Å²) >= 11 is 1.61. The fraction of sp³-hybridized carbons (Fsp3) is 0.286. The van der Waals surface area contributed by atoms with Crippen molar-refractivity contribution < 1.29 is 12.8 Å². The molecule has 112 valence electrons. The van der Waals surface area contributed by atoms with Crippen molar-refractivity contribution in [2.45, 2.75) is 13.0 Å². The molecule has 2 heterocycles. The van der Waals surface area contributed by atoms with Crippen molar-refractivity contribution in [3.05, 3.63) is 46.4 Å². The Hall–Kier alpha value is -1.60. The third-order valence-electron chi connectivity index (χ3n) is 3.39. The maximum Gasteiger partial charge on any atom is 0.235 e. The summed E-state index contributed by atoms with van der Waals surface area (Å²) in [5.74, 6) is -0.430. The molecule has 1 fully saturated rings. The minimum absolute atomic E-state index is 0.0823. The number of sulfonamides is 1. The van der Waals surface area contributed by atoms with Gasteiger partial charge < -0.3 is 5.32 Å². The molecule has 0 radical (unpaired) electrons. The van der Waals surface area contributed by atoms with Crippen LogP contribution in [-0.2, 0) is 16.6 Å². The lowest BCUT2D eigenvalue weighted by Crippen LogP contribution is -2.26. The van der Waals surface area contributed by atoms with Crippen LogP contribution in [0.3, 0.4) is 0 Å². The van der Waals surface area contributed by atoms with E-state index in [1.54, 1.807) is 23.5 Å². The maximum absolute atomic E-state index is 13.9. The topological polar surface area (TPSA) is 49.4 Å². The highest BCUT2D eigenvalue weighted by atomic mass is 32.2. The van der Waals surface area contributed by atoms with E-state index in [0.717, 1.165) is 9.87 Å². The van der Waals surface area contributed by atoms with Crippen LogP contribution in [0.15, 0.2) is 35.0 Å². The van der Waals surface area contributed by atoms with Crippen LogP contribution in [0, 0.1) is 5.82 Å². The van der Waals surface area contributed by atoms with E-state index in [9.17, 15) is 12.8 Å². The van der Waals surface area contributed by atoms with Gasteiger partial charge in [-0.3, -0.25) is 4.31 Å². The lowest BCUT2D eigenvalue weighted by Gasteiger charge is -2.18. The third-order valence-corrected chi connectivity index (χ3v) is 5.98. The molecule has 0 atom stereocenters. The smallest absolute Gasteiger partial charge is 0.235 e. The molecule has 0 spiro atoms. The van der Waals surface area contributed by atoms with Crippen molar-refractivity contribution in [3.8, 4) is 0 Å². The Morgan fingerprint density at radius 1 is 1.33 bits per heavy atom. The highest BCUT2D eigenvalue weighted by Gasteiger charge is 2.30. The van der Waals surface area contributed by atoms with Gasteiger partial charge in [-0.25, -0.2) is 12.8 Å². The van der Waals surface area contributed by atoms with Gasteiger partial charge in [0.2, 0.25) is 10.0 Å². The zero-order valence-corrected chi connectivity index (χ0v) is 12.9. The molecule has 7 heteroatoms. The number of benzene rings is 1. The van der Waals surface area contributed by atoms with Gasteiger partial charge in [0, 0.05) is 18.8 Å². The Kier molecular flexibility index (Phi) is 3.86. The Morgan fingerprint density at radius 2 is 2.19 bits per heavy atom. The summed E-state index contributed by atoms with van der Waals surface area (Å²) in [7, 11) is -3.37. The van der Waals surface area contributed by atoms with Gasteiger partial charge in [-0.05, 0) is 47.0 Å². The summed E-state index contributed by atoms with van der Waals surface area (Å²) < 4.78 is 38.9. The highest BCUT2D eigenvalue weighted by Crippen LogP contribution is 2.29. The average molecular weight is 326 g/mol. The fourth-order valence-corrected chi connectivity index (χ4v) is 4.55. The summed E-state index contributed by atoms with van der Waals surface area (Å²) in [6.07, 6.45) is 0.536. The third kappa shape index (κ3) is 3.03. The Labute approximate surface area is 127 Å². The van der Waals surface area contributed by atoms with Gasteiger partial charge in [0.25, 0.3) is 0 Å². The summed E-state index contributed by atoms with van der Waals surface area (Å²) in [6.45, 7) is 0.967. The molecule has 1 saturated heterocycles. The van der Waals surface area contributed by atoms with Crippen LogP contribution in [0.1, 0.15) is 12.0 Å². The number of rotatable bonds is 4. The molecule has 0 bridgehead atoms. The summed E-state index contributed by atoms with van der Waals surface area (Å²) in [4.78, 5) is 0. The van der Waals surface area contributed by atoms with Crippen molar-refractivity contribution in [3.63, 3.8) is 0 Å². The van der Waals surface area contributed by atoms with E-state index < -0.39 is 15.8 Å². The Balaban J connectivity index is 1.83. The minimum atomic E-state index is -3.37. The van der Waals surface area contributed by atoms with E-state index in [0.29, 0.717) is 25.2 Å². The van der Waals surface area contributed by atoms with E-state index in [1.807, 2.05) is 16.8 Å². The predicted molar refractivity (Wildman–Crippen MR) is 83.8 cm³/mol. The van der Waals surface area contributed by atoms with Crippen LogP contribution >= 0.6 is 11.3 Å². The van der Waals surface area contributed by atoms with Crippen LogP contribution in [0.4, 0.5) is 15.8 Å². The molecule has 1 aromatic heterocycles. The van der Waals surface area contributed by atoms with E-state index >= 15 is 0 Å². The van der Waals surface area contributed by atoms with E-state index in [-0.39, 0.29) is 11.4 Å². The van der Waals surface area contributed by atoms with Gasteiger partial charge in [-0.1, -0.05) is 0 Å². The first kappa shape index (κ1) is 14.3. The molecule has 4 nitrogen and oxygen atoms in total. The normalized spacial score (nSPS) is 17.1. The number of hydrogen-bond acceptors (Lipinski definition) is 4. The maximum atomic E-state index is 13.9. The minimum Gasteiger partial charge on any atom is -0.381 e. The monoisotopic (exact) mass is 326 g/mol.